The zero-order chi connectivity index (χ0) is 23.4. The van der Waals surface area contributed by atoms with Crippen LogP contribution in [0.15, 0.2) is 112 Å². The van der Waals surface area contributed by atoms with E-state index in [9.17, 15) is 16.8 Å². The molecule has 0 fully saturated rings. The molecule has 1 unspecified atom stereocenters. The number of nitrogens with one attached hydrogen (secondary N) is 1. The fraction of sp³-hybridized carbons (Fsp3) is 0.0833. The van der Waals surface area contributed by atoms with Crippen molar-refractivity contribution in [3.63, 3.8) is 0 Å². The quantitative estimate of drug-likeness (QED) is 0.442. The summed E-state index contributed by atoms with van der Waals surface area (Å²) in [5, 5.41) is 0.345. The summed E-state index contributed by atoms with van der Waals surface area (Å²) < 4.78 is 55.9. The molecule has 0 spiro atoms. The Morgan fingerprint density at radius 3 is 2.16 bits per heavy atom. The van der Waals surface area contributed by atoms with Gasteiger partial charge in [0.05, 0.1) is 20.7 Å². The molecular formula is C24H22ClNO4S2. The first-order valence-electron chi connectivity index (χ1n) is 9.62. The summed E-state index contributed by atoms with van der Waals surface area (Å²) in [5.74, 6) is 0. The van der Waals surface area contributed by atoms with Crippen LogP contribution in [0.2, 0.25) is 5.02 Å². The molecule has 3 aromatic rings. The first-order valence-corrected chi connectivity index (χ1v) is 13.0. The number of aryl methyl sites for hydroxylation is 1. The minimum Gasteiger partial charge on any atom is -0.219 e. The van der Waals surface area contributed by atoms with Crippen molar-refractivity contribution in [1.29, 1.82) is 0 Å². The Morgan fingerprint density at radius 1 is 0.906 bits per heavy atom. The Balaban J connectivity index is 2.19. The maximum absolute atomic E-state index is 13.6. The van der Waals surface area contributed by atoms with E-state index < -0.39 is 25.9 Å². The lowest BCUT2D eigenvalue weighted by Gasteiger charge is -2.23. The van der Waals surface area contributed by atoms with Gasteiger partial charge in [-0.15, -0.1) is 0 Å². The smallest absolute Gasteiger partial charge is 0.219 e. The van der Waals surface area contributed by atoms with Gasteiger partial charge in [0.1, 0.15) is 0 Å². The first-order chi connectivity index (χ1) is 15.1. The maximum atomic E-state index is 13.6. The molecule has 0 aliphatic rings. The minimum absolute atomic E-state index is 0.0118. The van der Waals surface area contributed by atoms with Crippen LogP contribution in [0.25, 0.3) is 0 Å². The predicted molar refractivity (Wildman–Crippen MR) is 128 cm³/mol. The lowest BCUT2D eigenvalue weighted by atomic mass is 10.1. The summed E-state index contributed by atoms with van der Waals surface area (Å²) in [6.07, 6.45) is 2.61. The van der Waals surface area contributed by atoms with Crippen molar-refractivity contribution in [2.45, 2.75) is 22.8 Å². The van der Waals surface area contributed by atoms with Crippen molar-refractivity contribution in [3.05, 3.63) is 119 Å². The number of sulfonamides is 1. The largest absolute Gasteiger partial charge is 0.241 e. The number of allylic oxidation sites excluding steroid dienone is 2. The van der Waals surface area contributed by atoms with Gasteiger partial charge in [-0.1, -0.05) is 72.3 Å². The highest BCUT2D eigenvalue weighted by atomic mass is 35.5. The number of hydrogen-bond donors (Lipinski definition) is 1. The lowest BCUT2D eigenvalue weighted by molar-refractivity contribution is 0.569. The molecule has 0 aliphatic heterocycles. The molecule has 0 saturated carbocycles. The fourth-order valence-electron chi connectivity index (χ4n) is 3.11. The maximum Gasteiger partial charge on any atom is 0.241 e. The van der Waals surface area contributed by atoms with Crippen LogP contribution < -0.4 is 4.72 Å². The van der Waals surface area contributed by atoms with E-state index in [-0.39, 0.29) is 14.7 Å². The zero-order valence-corrected chi connectivity index (χ0v) is 19.7. The zero-order valence-electron chi connectivity index (χ0n) is 17.3. The van der Waals surface area contributed by atoms with Crippen LogP contribution in [0.3, 0.4) is 0 Å². The molecule has 1 atom stereocenters. The van der Waals surface area contributed by atoms with Crippen molar-refractivity contribution in [3.8, 4) is 0 Å². The van der Waals surface area contributed by atoms with Gasteiger partial charge < -0.3 is 0 Å². The fourth-order valence-corrected chi connectivity index (χ4v) is 6.16. The lowest BCUT2D eigenvalue weighted by Crippen LogP contribution is -2.32. The summed E-state index contributed by atoms with van der Waals surface area (Å²) in [7, 11) is -8.14. The topological polar surface area (TPSA) is 80.3 Å². The number of benzene rings is 3. The van der Waals surface area contributed by atoms with E-state index in [0.717, 1.165) is 5.56 Å². The van der Waals surface area contributed by atoms with Crippen LogP contribution >= 0.6 is 11.6 Å². The van der Waals surface area contributed by atoms with E-state index in [1.54, 1.807) is 48.5 Å². The molecule has 0 radical (unpaired) electrons. The molecular weight excluding hydrogens is 466 g/mol. The van der Waals surface area contributed by atoms with E-state index in [4.69, 9.17) is 11.6 Å². The van der Waals surface area contributed by atoms with Crippen LogP contribution in [-0.4, -0.2) is 16.8 Å². The Bertz CT molecular complexity index is 1350. The molecule has 8 heteroatoms. The van der Waals surface area contributed by atoms with Crippen molar-refractivity contribution in [1.82, 2.24) is 4.72 Å². The standard InChI is InChI=1S/C24H22ClNO4S2/c1-3-8-23(31(27,28)21-15-13-18(2)14-16-21)24(19-9-7-10-20(25)17-19)26-32(29,30)22-11-5-4-6-12-22/h3-17,24,26H,1H2,2H3/b23-8-. The average molecular weight is 488 g/mol. The van der Waals surface area contributed by atoms with Gasteiger partial charge in [0.15, 0.2) is 0 Å². The monoisotopic (exact) mass is 487 g/mol. The number of halogens is 1. The van der Waals surface area contributed by atoms with Crippen LogP contribution in [0.5, 0.6) is 0 Å². The highest BCUT2D eigenvalue weighted by molar-refractivity contribution is 7.95. The summed E-state index contributed by atoms with van der Waals surface area (Å²) in [6, 6.07) is 19.2. The van der Waals surface area contributed by atoms with Crippen molar-refractivity contribution >= 4 is 31.5 Å². The van der Waals surface area contributed by atoms with Crippen LogP contribution in [0, 0.1) is 6.92 Å². The van der Waals surface area contributed by atoms with Gasteiger partial charge in [-0.3, -0.25) is 0 Å². The molecule has 166 valence electrons. The van der Waals surface area contributed by atoms with E-state index in [1.807, 2.05) is 6.92 Å². The molecule has 32 heavy (non-hydrogen) atoms. The van der Waals surface area contributed by atoms with Crippen molar-refractivity contribution in [2.24, 2.45) is 0 Å². The molecule has 3 aromatic carbocycles. The van der Waals surface area contributed by atoms with E-state index >= 15 is 0 Å². The van der Waals surface area contributed by atoms with Gasteiger partial charge in [0.2, 0.25) is 19.9 Å². The van der Waals surface area contributed by atoms with Crippen molar-refractivity contribution < 1.29 is 16.8 Å². The molecule has 0 aliphatic carbocycles. The van der Waals surface area contributed by atoms with Gasteiger partial charge >= 0.3 is 0 Å². The summed E-state index contributed by atoms with van der Waals surface area (Å²) >= 11 is 6.14. The summed E-state index contributed by atoms with van der Waals surface area (Å²) in [6.45, 7) is 5.47. The van der Waals surface area contributed by atoms with Gasteiger partial charge in [-0.2, -0.15) is 4.72 Å². The van der Waals surface area contributed by atoms with Gasteiger partial charge in [0.25, 0.3) is 0 Å². The SMILES string of the molecule is C=C/C=C(/C(NS(=O)(=O)c1ccccc1)c1cccc(Cl)c1)S(=O)(=O)c1ccc(C)cc1. The van der Waals surface area contributed by atoms with E-state index in [2.05, 4.69) is 11.3 Å². The first kappa shape index (κ1) is 23.9. The third kappa shape index (κ3) is 5.37. The molecule has 0 saturated heterocycles. The highest BCUT2D eigenvalue weighted by Crippen LogP contribution is 2.33. The molecule has 0 amide bonds. The predicted octanol–water partition coefficient (Wildman–Crippen LogP) is 5.21. The second-order valence-corrected chi connectivity index (χ2v) is 11.1. The molecule has 0 aromatic heterocycles. The molecule has 3 rings (SSSR count). The van der Waals surface area contributed by atoms with Gasteiger partial charge in [0, 0.05) is 5.02 Å². The number of hydrogen-bond acceptors (Lipinski definition) is 4. The normalized spacial score (nSPS) is 13.5. The Hall–Kier alpha value is -2.71. The Labute approximate surface area is 194 Å². The van der Waals surface area contributed by atoms with Crippen molar-refractivity contribution in [2.75, 3.05) is 0 Å². The van der Waals surface area contributed by atoms with E-state index in [0.29, 0.717) is 10.6 Å². The number of rotatable bonds is 8. The van der Waals surface area contributed by atoms with Crippen LogP contribution in [0.4, 0.5) is 0 Å². The molecule has 0 heterocycles. The van der Waals surface area contributed by atoms with Gasteiger partial charge in [-0.05, 0) is 55.0 Å². The third-order valence-electron chi connectivity index (χ3n) is 4.72. The third-order valence-corrected chi connectivity index (χ3v) is 8.28. The summed E-state index contributed by atoms with van der Waals surface area (Å²) in [4.78, 5) is -0.113. The van der Waals surface area contributed by atoms with E-state index in [1.165, 1.54) is 42.5 Å². The number of sulfone groups is 1. The highest BCUT2D eigenvalue weighted by Gasteiger charge is 2.32. The Morgan fingerprint density at radius 2 is 1.56 bits per heavy atom. The van der Waals surface area contributed by atoms with Gasteiger partial charge in [-0.25, -0.2) is 16.8 Å². The molecule has 5 nitrogen and oxygen atoms in total. The average Bonchev–Trinajstić information content (AvgIpc) is 2.77. The second kappa shape index (κ2) is 9.83. The Kier molecular flexibility index (Phi) is 7.36. The van der Waals surface area contributed by atoms with Crippen LogP contribution in [-0.2, 0) is 19.9 Å². The summed E-state index contributed by atoms with van der Waals surface area (Å²) in [5.41, 5.74) is 1.27. The minimum atomic E-state index is -4.07. The van der Waals surface area contributed by atoms with Crippen LogP contribution in [0.1, 0.15) is 17.2 Å². The molecule has 0 bridgehead atoms. The second-order valence-electron chi connectivity index (χ2n) is 7.04. The molecule has 1 N–H and O–H groups in total.